The zero-order chi connectivity index (χ0) is 17.0. The van der Waals surface area contributed by atoms with Crippen LogP contribution in [0.5, 0.6) is 0 Å². The van der Waals surface area contributed by atoms with Crippen LogP contribution in [-0.2, 0) is 20.7 Å². The topological polar surface area (TPSA) is 66.8 Å². The second-order valence-electron chi connectivity index (χ2n) is 6.62. The summed E-state index contributed by atoms with van der Waals surface area (Å²) >= 11 is 0. The molecular weight excluding hydrogens is 294 g/mol. The molecule has 0 saturated carbocycles. The number of methoxy groups -OCH3 is 1. The maximum absolute atomic E-state index is 12.6. The van der Waals surface area contributed by atoms with Crippen molar-refractivity contribution >= 4 is 11.9 Å². The molecule has 2 unspecified atom stereocenters. The average molecular weight is 319 g/mol. The number of hydrogen-bond donors (Lipinski definition) is 1. The summed E-state index contributed by atoms with van der Waals surface area (Å²) in [4.78, 5) is 25.9. The van der Waals surface area contributed by atoms with Crippen molar-refractivity contribution < 1.29 is 19.4 Å². The molecule has 0 aliphatic carbocycles. The molecule has 1 fully saturated rings. The van der Waals surface area contributed by atoms with Gasteiger partial charge in [-0.2, -0.15) is 0 Å². The van der Waals surface area contributed by atoms with Crippen LogP contribution >= 0.6 is 0 Å². The number of ether oxygens (including phenoxy) is 1. The summed E-state index contributed by atoms with van der Waals surface area (Å²) in [6, 6.07) is 8.15. The SMILES string of the molecule is COCC1(C(=O)O)CCN(C(=O)C(C)Cc2ccc(C)cc2)C1. The Labute approximate surface area is 137 Å². The fourth-order valence-electron chi connectivity index (χ4n) is 3.17. The van der Waals surface area contributed by atoms with Crippen LogP contribution in [0.25, 0.3) is 0 Å². The highest BCUT2D eigenvalue weighted by Gasteiger charge is 2.46. The Morgan fingerprint density at radius 3 is 2.57 bits per heavy atom. The second kappa shape index (κ2) is 7.13. The van der Waals surface area contributed by atoms with E-state index in [1.807, 2.05) is 38.1 Å². The van der Waals surface area contributed by atoms with Crippen molar-refractivity contribution in [3.63, 3.8) is 0 Å². The molecule has 1 aliphatic rings. The number of nitrogens with zero attached hydrogens (tertiary/aromatic N) is 1. The van der Waals surface area contributed by atoms with Crippen molar-refractivity contribution in [1.82, 2.24) is 4.90 Å². The summed E-state index contributed by atoms with van der Waals surface area (Å²) in [7, 11) is 1.50. The van der Waals surface area contributed by atoms with Crippen molar-refractivity contribution in [2.45, 2.75) is 26.7 Å². The standard InChI is InChI=1S/C18H25NO4/c1-13-4-6-15(7-5-13)10-14(2)16(20)19-9-8-18(11-19,12-23-3)17(21)22/h4-7,14H,8-12H2,1-3H3,(H,21,22). The Morgan fingerprint density at radius 1 is 1.35 bits per heavy atom. The summed E-state index contributed by atoms with van der Waals surface area (Å²) in [6.07, 6.45) is 1.11. The Balaban J connectivity index is 2.00. The molecule has 126 valence electrons. The molecule has 5 nitrogen and oxygen atoms in total. The molecular formula is C18H25NO4. The fourth-order valence-corrected chi connectivity index (χ4v) is 3.17. The first-order chi connectivity index (χ1) is 10.9. The molecule has 1 aromatic carbocycles. The lowest BCUT2D eigenvalue weighted by molar-refractivity contribution is -0.151. The van der Waals surface area contributed by atoms with Crippen LogP contribution in [0.4, 0.5) is 0 Å². The van der Waals surface area contributed by atoms with Gasteiger partial charge in [0.25, 0.3) is 0 Å². The van der Waals surface area contributed by atoms with E-state index in [-0.39, 0.29) is 25.0 Å². The monoisotopic (exact) mass is 319 g/mol. The van der Waals surface area contributed by atoms with E-state index in [1.54, 1.807) is 4.90 Å². The minimum Gasteiger partial charge on any atom is -0.481 e. The van der Waals surface area contributed by atoms with Gasteiger partial charge in [-0.15, -0.1) is 0 Å². The van der Waals surface area contributed by atoms with Crippen LogP contribution in [0.1, 0.15) is 24.5 Å². The lowest BCUT2D eigenvalue weighted by atomic mass is 9.88. The van der Waals surface area contributed by atoms with Gasteiger partial charge in [0.05, 0.1) is 6.61 Å². The number of carboxylic acid groups (broad SMARTS) is 1. The third kappa shape index (κ3) is 3.91. The van der Waals surface area contributed by atoms with E-state index in [9.17, 15) is 14.7 Å². The van der Waals surface area contributed by atoms with E-state index in [4.69, 9.17) is 4.74 Å². The van der Waals surface area contributed by atoms with Crippen LogP contribution in [0.2, 0.25) is 0 Å². The normalized spacial score (nSPS) is 22.1. The number of amides is 1. The second-order valence-corrected chi connectivity index (χ2v) is 6.62. The largest absolute Gasteiger partial charge is 0.481 e. The van der Waals surface area contributed by atoms with Gasteiger partial charge in [0.15, 0.2) is 0 Å². The summed E-state index contributed by atoms with van der Waals surface area (Å²) in [5, 5.41) is 9.48. The summed E-state index contributed by atoms with van der Waals surface area (Å²) in [5.41, 5.74) is 1.35. The minimum atomic E-state index is -0.964. The predicted octanol–water partition coefficient (Wildman–Crippen LogP) is 2.12. The van der Waals surface area contributed by atoms with Gasteiger partial charge in [-0.05, 0) is 25.3 Å². The van der Waals surface area contributed by atoms with Gasteiger partial charge in [-0.3, -0.25) is 9.59 Å². The first kappa shape index (κ1) is 17.5. The van der Waals surface area contributed by atoms with E-state index >= 15 is 0 Å². The van der Waals surface area contributed by atoms with Gasteiger partial charge in [0.2, 0.25) is 5.91 Å². The van der Waals surface area contributed by atoms with E-state index in [1.165, 1.54) is 12.7 Å². The average Bonchev–Trinajstić information content (AvgIpc) is 2.95. The molecule has 1 saturated heterocycles. The van der Waals surface area contributed by atoms with Crippen LogP contribution in [0.15, 0.2) is 24.3 Å². The molecule has 0 radical (unpaired) electrons. The third-order valence-electron chi connectivity index (χ3n) is 4.62. The number of carbonyl (C=O) groups excluding carboxylic acids is 1. The minimum absolute atomic E-state index is 0.0183. The van der Waals surface area contributed by atoms with Gasteiger partial charge in [0.1, 0.15) is 5.41 Å². The maximum Gasteiger partial charge on any atom is 0.313 e. The number of aryl methyl sites for hydroxylation is 1. The first-order valence-electron chi connectivity index (χ1n) is 7.94. The van der Waals surface area contributed by atoms with Gasteiger partial charge >= 0.3 is 5.97 Å². The molecule has 1 amide bonds. The lowest BCUT2D eigenvalue weighted by Gasteiger charge is -2.25. The Kier molecular flexibility index (Phi) is 5.42. The van der Waals surface area contributed by atoms with Crippen LogP contribution in [0.3, 0.4) is 0 Å². The molecule has 2 atom stereocenters. The number of benzene rings is 1. The summed E-state index contributed by atoms with van der Waals surface area (Å²) < 4.78 is 5.07. The Bertz CT molecular complexity index is 569. The van der Waals surface area contributed by atoms with Crippen LogP contribution < -0.4 is 0 Å². The molecule has 1 N–H and O–H groups in total. The van der Waals surface area contributed by atoms with Gasteiger partial charge in [0, 0.05) is 26.1 Å². The number of hydrogen-bond acceptors (Lipinski definition) is 3. The maximum atomic E-state index is 12.6. The van der Waals surface area contributed by atoms with E-state index in [0.29, 0.717) is 19.4 Å². The van der Waals surface area contributed by atoms with E-state index < -0.39 is 11.4 Å². The van der Waals surface area contributed by atoms with E-state index in [2.05, 4.69) is 0 Å². The molecule has 2 rings (SSSR count). The quantitative estimate of drug-likeness (QED) is 0.872. The number of carbonyl (C=O) groups is 2. The van der Waals surface area contributed by atoms with E-state index in [0.717, 1.165) is 5.56 Å². The fraction of sp³-hybridized carbons (Fsp3) is 0.556. The van der Waals surface area contributed by atoms with Crippen molar-refractivity contribution in [3.05, 3.63) is 35.4 Å². The molecule has 1 heterocycles. The molecule has 0 aromatic heterocycles. The summed E-state index contributed by atoms with van der Waals surface area (Å²) in [5.74, 6) is -1.03. The van der Waals surface area contributed by atoms with Crippen LogP contribution in [-0.4, -0.2) is 48.7 Å². The zero-order valence-electron chi connectivity index (χ0n) is 14.0. The molecule has 0 spiro atoms. The molecule has 5 heteroatoms. The van der Waals surface area contributed by atoms with Gasteiger partial charge in [-0.1, -0.05) is 36.8 Å². The molecule has 0 bridgehead atoms. The Morgan fingerprint density at radius 2 is 2.00 bits per heavy atom. The highest BCUT2D eigenvalue weighted by molar-refractivity contribution is 5.82. The Hall–Kier alpha value is -1.88. The summed E-state index contributed by atoms with van der Waals surface area (Å²) in [6.45, 7) is 4.78. The first-order valence-corrected chi connectivity index (χ1v) is 7.94. The highest BCUT2D eigenvalue weighted by Crippen LogP contribution is 2.32. The zero-order valence-corrected chi connectivity index (χ0v) is 14.0. The predicted molar refractivity (Wildman–Crippen MR) is 87.2 cm³/mol. The molecule has 23 heavy (non-hydrogen) atoms. The van der Waals surface area contributed by atoms with Crippen molar-refractivity contribution in [2.24, 2.45) is 11.3 Å². The van der Waals surface area contributed by atoms with Gasteiger partial charge < -0.3 is 14.7 Å². The molecule has 1 aromatic rings. The van der Waals surface area contributed by atoms with Crippen LogP contribution in [0, 0.1) is 18.3 Å². The highest BCUT2D eigenvalue weighted by atomic mass is 16.5. The number of rotatable bonds is 6. The number of aliphatic carboxylic acids is 1. The van der Waals surface area contributed by atoms with Crippen molar-refractivity contribution in [1.29, 1.82) is 0 Å². The third-order valence-corrected chi connectivity index (χ3v) is 4.62. The number of likely N-dealkylation sites (tertiary alicyclic amines) is 1. The number of carboxylic acids is 1. The molecule has 1 aliphatic heterocycles. The smallest absolute Gasteiger partial charge is 0.313 e. The lowest BCUT2D eigenvalue weighted by Crippen LogP contribution is -2.41. The van der Waals surface area contributed by atoms with Crippen molar-refractivity contribution in [2.75, 3.05) is 26.8 Å². The van der Waals surface area contributed by atoms with Crippen molar-refractivity contribution in [3.8, 4) is 0 Å². The van der Waals surface area contributed by atoms with Gasteiger partial charge in [-0.25, -0.2) is 0 Å².